The molecular weight excluding hydrogens is 476 g/mol. The Morgan fingerprint density at radius 2 is 1.73 bits per heavy atom. The van der Waals surface area contributed by atoms with Gasteiger partial charge in [0.05, 0.1) is 16.0 Å². The number of aryl methyl sites for hydroxylation is 1. The van der Waals surface area contributed by atoms with Crippen molar-refractivity contribution in [2.45, 2.75) is 17.8 Å². The van der Waals surface area contributed by atoms with Crippen LogP contribution >= 0.6 is 34.7 Å². The van der Waals surface area contributed by atoms with E-state index in [0.717, 1.165) is 25.7 Å². The fraction of sp³-hybridized carbons (Fsp3) is 0.125. The molecular formula is C24H21ClN4O2S2. The number of carbonyl (C=O) groups is 2. The van der Waals surface area contributed by atoms with E-state index in [1.54, 1.807) is 18.2 Å². The lowest BCUT2D eigenvalue weighted by Crippen LogP contribution is -2.24. The number of carbonyl (C=O) groups excluding carboxylic acids is 2. The summed E-state index contributed by atoms with van der Waals surface area (Å²) in [7, 11) is 0. The fourth-order valence-electron chi connectivity index (χ4n) is 2.98. The highest BCUT2D eigenvalue weighted by Gasteiger charge is 2.10. The Morgan fingerprint density at radius 1 is 1.00 bits per heavy atom. The first-order valence-electron chi connectivity index (χ1n) is 10.1. The molecule has 3 N–H and O–H groups in total. The number of nitrogens with one attached hydrogen (secondary N) is 3. The van der Waals surface area contributed by atoms with Crippen molar-refractivity contribution < 1.29 is 9.59 Å². The number of rotatable bonds is 7. The number of nitrogens with zero attached hydrogens (tertiary/aromatic N) is 1. The van der Waals surface area contributed by atoms with E-state index in [1.807, 2.05) is 55.5 Å². The van der Waals surface area contributed by atoms with Crippen LogP contribution in [0, 0.1) is 6.92 Å². The van der Waals surface area contributed by atoms with Crippen molar-refractivity contribution in [2.24, 2.45) is 0 Å². The maximum Gasteiger partial charge on any atom is 0.323 e. The molecule has 0 aliphatic rings. The minimum atomic E-state index is -0.358. The number of benzene rings is 3. The number of anilines is 2. The van der Waals surface area contributed by atoms with Gasteiger partial charge in [0.15, 0.2) is 4.34 Å². The number of aromatic nitrogens is 1. The lowest BCUT2D eigenvalue weighted by atomic mass is 10.2. The summed E-state index contributed by atoms with van der Waals surface area (Å²) in [6, 6.07) is 20.3. The molecule has 168 valence electrons. The van der Waals surface area contributed by atoms with E-state index in [9.17, 15) is 9.59 Å². The molecule has 0 radical (unpaired) electrons. The first-order chi connectivity index (χ1) is 16.0. The van der Waals surface area contributed by atoms with Gasteiger partial charge in [-0.3, -0.25) is 4.79 Å². The van der Waals surface area contributed by atoms with Gasteiger partial charge in [0.2, 0.25) is 5.91 Å². The summed E-state index contributed by atoms with van der Waals surface area (Å²) in [5.41, 5.74) is 4.10. The van der Waals surface area contributed by atoms with Crippen molar-refractivity contribution in [1.29, 1.82) is 0 Å². The molecule has 0 saturated carbocycles. The normalized spacial score (nSPS) is 10.7. The monoisotopic (exact) mass is 496 g/mol. The first kappa shape index (κ1) is 23.1. The summed E-state index contributed by atoms with van der Waals surface area (Å²) in [5, 5.41) is 9.11. The van der Waals surface area contributed by atoms with E-state index in [4.69, 9.17) is 11.6 Å². The molecule has 0 spiro atoms. The number of hydrogen-bond acceptors (Lipinski definition) is 5. The lowest BCUT2D eigenvalue weighted by Gasteiger charge is -2.08. The number of hydrogen-bond donors (Lipinski definition) is 3. The number of amides is 3. The van der Waals surface area contributed by atoms with Crippen molar-refractivity contribution in [1.82, 2.24) is 10.3 Å². The van der Waals surface area contributed by atoms with Crippen LogP contribution in [0.25, 0.3) is 10.2 Å². The van der Waals surface area contributed by atoms with Gasteiger partial charge < -0.3 is 16.0 Å². The molecule has 1 aromatic heterocycles. The second-order valence-corrected chi connectivity index (χ2v) is 9.92. The zero-order valence-electron chi connectivity index (χ0n) is 17.7. The van der Waals surface area contributed by atoms with Crippen LogP contribution in [0.4, 0.5) is 16.2 Å². The average molecular weight is 497 g/mol. The van der Waals surface area contributed by atoms with Crippen molar-refractivity contribution in [3.8, 4) is 0 Å². The average Bonchev–Trinajstić information content (AvgIpc) is 3.21. The maximum atomic E-state index is 12.3. The molecule has 0 bridgehead atoms. The maximum absolute atomic E-state index is 12.3. The van der Waals surface area contributed by atoms with Crippen LogP contribution in [-0.2, 0) is 11.3 Å². The molecule has 0 fully saturated rings. The van der Waals surface area contributed by atoms with Crippen molar-refractivity contribution in [2.75, 3.05) is 16.4 Å². The molecule has 1 heterocycles. The molecule has 0 aliphatic heterocycles. The zero-order valence-corrected chi connectivity index (χ0v) is 20.1. The Labute approximate surface area is 204 Å². The van der Waals surface area contributed by atoms with Gasteiger partial charge >= 0.3 is 6.03 Å². The number of fused-ring (bicyclic) bond motifs is 1. The number of thioether (sulfide) groups is 1. The molecule has 4 rings (SSSR count). The second-order valence-electron chi connectivity index (χ2n) is 7.26. The van der Waals surface area contributed by atoms with Gasteiger partial charge in [-0.05, 0) is 48.4 Å². The quantitative estimate of drug-likeness (QED) is 0.262. The fourth-order valence-corrected chi connectivity index (χ4v) is 5.10. The van der Waals surface area contributed by atoms with Gasteiger partial charge in [0, 0.05) is 22.9 Å². The lowest BCUT2D eigenvalue weighted by molar-refractivity contribution is -0.118. The molecule has 3 amide bonds. The van der Waals surface area contributed by atoms with Gasteiger partial charge in [-0.25, -0.2) is 9.78 Å². The minimum Gasteiger partial charge on any atom is -0.351 e. The predicted octanol–water partition coefficient (Wildman–Crippen LogP) is 6.31. The largest absolute Gasteiger partial charge is 0.351 e. The van der Waals surface area contributed by atoms with Crippen LogP contribution in [0.15, 0.2) is 71.1 Å². The summed E-state index contributed by atoms with van der Waals surface area (Å²) in [6.07, 6.45) is 0. The van der Waals surface area contributed by atoms with E-state index >= 15 is 0 Å². The van der Waals surface area contributed by atoms with E-state index in [0.29, 0.717) is 28.7 Å². The predicted molar refractivity (Wildman–Crippen MR) is 137 cm³/mol. The molecule has 9 heteroatoms. The third-order valence-electron chi connectivity index (χ3n) is 4.72. The zero-order chi connectivity index (χ0) is 23.2. The molecule has 0 saturated heterocycles. The number of thiazole rings is 1. The molecule has 6 nitrogen and oxygen atoms in total. The first-order valence-corrected chi connectivity index (χ1v) is 12.3. The molecule has 0 atom stereocenters. The van der Waals surface area contributed by atoms with Crippen molar-refractivity contribution >= 4 is 68.2 Å². The molecule has 0 aliphatic carbocycles. The van der Waals surface area contributed by atoms with Crippen LogP contribution < -0.4 is 16.0 Å². The third kappa shape index (κ3) is 6.47. The van der Waals surface area contributed by atoms with Crippen LogP contribution in [0.1, 0.15) is 11.1 Å². The van der Waals surface area contributed by atoms with Crippen molar-refractivity contribution in [3.63, 3.8) is 0 Å². The molecule has 0 unspecified atom stereocenters. The Kier molecular flexibility index (Phi) is 7.49. The van der Waals surface area contributed by atoms with Gasteiger partial charge in [-0.2, -0.15) is 0 Å². The smallest absolute Gasteiger partial charge is 0.323 e. The van der Waals surface area contributed by atoms with E-state index < -0.39 is 0 Å². The topological polar surface area (TPSA) is 83.1 Å². The standard InChI is InChI=1S/C24H21ClN4O2S2/c1-15-7-8-17(11-19(15)25)27-23(31)28-18-9-10-20-21(12-18)33-24(29-20)32-14-22(30)26-13-16-5-3-2-4-6-16/h2-12H,13-14H2,1H3,(H,26,30)(H2,27,28,31). The Bertz CT molecular complexity index is 1290. The van der Waals surface area contributed by atoms with Gasteiger partial charge in [-0.1, -0.05) is 59.8 Å². The summed E-state index contributed by atoms with van der Waals surface area (Å²) in [4.78, 5) is 29.1. The number of urea groups is 1. The van der Waals surface area contributed by atoms with Crippen LogP contribution in [0.5, 0.6) is 0 Å². The van der Waals surface area contributed by atoms with Crippen molar-refractivity contribution in [3.05, 3.63) is 82.9 Å². The van der Waals surface area contributed by atoms with E-state index in [1.165, 1.54) is 23.1 Å². The Morgan fingerprint density at radius 3 is 2.48 bits per heavy atom. The summed E-state index contributed by atoms with van der Waals surface area (Å²) >= 11 is 8.99. The third-order valence-corrected chi connectivity index (χ3v) is 7.28. The van der Waals surface area contributed by atoms with E-state index in [2.05, 4.69) is 20.9 Å². The van der Waals surface area contributed by atoms with Gasteiger partial charge in [-0.15, -0.1) is 11.3 Å². The SMILES string of the molecule is Cc1ccc(NC(=O)Nc2ccc3nc(SCC(=O)NCc4ccccc4)sc3c2)cc1Cl. The van der Waals surface area contributed by atoms with Gasteiger partial charge in [0.1, 0.15) is 0 Å². The molecule has 33 heavy (non-hydrogen) atoms. The van der Waals surface area contributed by atoms with E-state index in [-0.39, 0.29) is 11.9 Å². The minimum absolute atomic E-state index is 0.0432. The summed E-state index contributed by atoms with van der Waals surface area (Å²) < 4.78 is 1.73. The van der Waals surface area contributed by atoms with Gasteiger partial charge in [0.25, 0.3) is 0 Å². The second kappa shape index (κ2) is 10.7. The van der Waals surface area contributed by atoms with Crippen LogP contribution in [0.3, 0.4) is 0 Å². The highest BCUT2D eigenvalue weighted by molar-refractivity contribution is 8.01. The Hall–Kier alpha value is -3.07. The summed E-state index contributed by atoms with van der Waals surface area (Å²) in [6.45, 7) is 2.41. The molecule has 3 aromatic carbocycles. The van der Waals surface area contributed by atoms with Crippen LogP contribution in [0.2, 0.25) is 5.02 Å². The number of halogens is 1. The van der Waals surface area contributed by atoms with Crippen LogP contribution in [-0.4, -0.2) is 22.7 Å². The molecule has 4 aromatic rings. The highest BCUT2D eigenvalue weighted by Crippen LogP contribution is 2.31. The highest BCUT2D eigenvalue weighted by atomic mass is 35.5. The Balaban J connectivity index is 1.31. The summed E-state index contributed by atoms with van der Waals surface area (Å²) in [5.74, 6) is 0.248.